The van der Waals surface area contributed by atoms with Crippen molar-refractivity contribution >= 4 is 26.0 Å². The fraction of sp³-hybridized carbons (Fsp3) is 0.538. The maximum atomic E-state index is 12.1. The molecule has 1 aliphatic rings. The van der Waals surface area contributed by atoms with Crippen LogP contribution in [0.15, 0.2) is 33.6 Å². The number of sulfonamides is 1. The first kappa shape index (κ1) is 15.0. The molecule has 0 atom stereocenters. The van der Waals surface area contributed by atoms with Crippen molar-refractivity contribution in [2.45, 2.75) is 17.7 Å². The molecule has 0 aromatic heterocycles. The number of piperidine rings is 1. The standard InChI is InChI=1S/C13H19BrN2O2S/c1-16-7-5-11(6-8-16)10-15-19(17,18)13-4-2-3-12(14)9-13/h2-4,9,11,15H,5-8,10H2,1H3. The SMILES string of the molecule is CN1CCC(CNS(=O)(=O)c2cccc(Br)c2)CC1. The minimum Gasteiger partial charge on any atom is -0.306 e. The van der Waals surface area contributed by atoms with Crippen molar-refractivity contribution in [3.8, 4) is 0 Å². The largest absolute Gasteiger partial charge is 0.306 e. The van der Waals surface area contributed by atoms with Gasteiger partial charge >= 0.3 is 0 Å². The van der Waals surface area contributed by atoms with E-state index in [9.17, 15) is 8.42 Å². The lowest BCUT2D eigenvalue weighted by atomic mass is 9.98. The molecule has 1 aliphatic heterocycles. The third-order valence-electron chi connectivity index (χ3n) is 3.51. The van der Waals surface area contributed by atoms with E-state index in [0.717, 1.165) is 30.4 Å². The van der Waals surface area contributed by atoms with Gasteiger partial charge in [-0.2, -0.15) is 0 Å². The molecule has 1 saturated heterocycles. The summed E-state index contributed by atoms with van der Waals surface area (Å²) in [5, 5.41) is 0. The van der Waals surface area contributed by atoms with Gasteiger partial charge in [-0.15, -0.1) is 0 Å². The van der Waals surface area contributed by atoms with Crippen LogP contribution >= 0.6 is 15.9 Å². The van der Waals surface area contributed by atoms with Crippen LogP contribution in [0.3, 0.4) is 0 Å². The average Bonchev–Trinajstić information content (AvgIpc) is 2.38. The summed E-state index contributed by atoms with van der Waals surface area (Å²) in [6, 6.07) is 6.78. The molecular formula is C13H19BrN2O2S. The second-order valence-electron chi connectivity index (χ2n) is 5.06. The highest BCUT2D eigenvalue weighted by Gasteiger charge is 2.20. The molecule has 1 fully saturated rings. The lowest BCUT2D eigenvalue weighted by Crippen LogP contribution is -2.36. The van der Waals surface area contributed by atoms with Gasteiger partial charge in [-0.05, 0) is 57.1 Å². The Morgan fingerprint density at radius 3 is 2.68 bits per heavy atom. The molecule has 106 valence electrons. The lowest BCUT2D eigenvalue weighted by molar-refractivity contribution is 0.220. The Morgan fingerprint density at radius 2 is 2.05 bits per heavy atom. The monoisotopic (exact) mass is 346 g/mol. The second-order valence-corrected chi connectivity index (χ2v) is 7.74. The van der Waals surface area contributed by atoms with Crippen LogP contribution in [0.1, 0.15) is 12.8 Å². The van der Waals surface area contributed by atoms with E-state index in [1.807, 2.05) is 6.07 Å². The van der Waals surface area contributed by atoms with Gasteiger partial charge in [0.05, 0.1) is 4.90 Å². The van der Waals surface area contributed by atoms with Gasteiger partial charge in [-0.3, -0.25) is 0 Å². The van der Waals surface area contributed by atoms with Crippen LogP contribution in [-0.4, -0.2) is 40.0 Å². The molecule has 2 rings (SSSR count). The number of nitrogens with zero attached hydrogens (tertiary/aromatic N) is 1. The number of hydrogen-bond acceptors (Lipinski definition) is 3. The van der Waals surface area contributed by atoms with Crippen LogP contribution in [0.25, 0.3) is 0 Å². The van der Waals surface area contributed by atoms with Crippen molar-refractivity contribution < 1.29 is 8.42 Å². The van der Waals surface area contributed by atoms with Gasteiger partial charge in [0.15, 0.2) is 0 Å². The number of rotatable bonds is 4. The van der Waals surface area contributed by atoms with Gasteiger partial charge in [-0.1, -0.05) is 22.0 Å². The first-order chi connectivity index (χ1) is 8.97. The summed E-state index contributed by atoms with van der Waals surface area (Å²) < 4.78 is 27.8. The fourth-order valence-corrected chi connectivity index (χ4v) is 3.92. The molecule has 6 heteroatoms. The zero-order chi connectivity index (χ0) is 13.9. The molecule has 1 aromatic rings. The van der Waals surface area contributed by atoms with Crippen molar-refractivity contribution in [1.82, 2.24) is 9.62 Å². The maximum absolute atomic E-state index is 12.1. The molecule has 1 aromatic carbocycles. The van der Waals surface area contributed by atoms with Gasteiger partial charge in [0.1, 0.15) is 0 Å². The molecular weight excluding hydrogens is 328 g/mol. The van der Waals surface area contributed by atoms with Crippen LogP contribution in [0, 0.1) is 5.92 Å². The topological polar surface area (TPSA) is 49.4 Å². The highest BCUT2D eigenvalue weighted by molar-refractivity contribution is 9.10. The summed E-state index contributed by atoms with van der Waals surface area (Å²) in [6.45, 7) is 2.62. The summed E-state index contributed by atoms with van der Waals surface area (Å²) in [5.74, 6) is 0.443. The minimum absolute atomic E-state index is 0.315. The molecule has 0 spiro atoms. The van der Waals surface area contributed by atoms with Crippen LogP contribution in [0.2, 0.25) is 0 Å². The van der Waals surface area contributed by atoms with Crippen LogP contribution in [-0.2, 0) is 10.0 Å². The minimum atomic E-state index is -3.39. The highest BCUT2D eigenvalue weighted by atomic mass is 79.9. The quantitative estimate of drug-likeness (QED) is 0.907. The molecule has 0 amide bonds. The van der Waals surface area contributed by atoms with E-state index in [1.165, 1.54) is 0 Å². The Labute approximate surface area is 123 Å². The number of nitrogens with one attached hydrogen (secondary N) is 1. The molecule has 0 saturated carbocycles. The fourth-order valence-electron chi connectivity index (χ4n) is 2.21. The maximum Gasteiger partial charge on any atom is 0.240 e. The summed E-state index contributed by atoms with van der Waals surface area (Å²) >= 11 is 3.29. The third kappa shape index (κ3) is 4.27. The van der Waals surface area contributed by atoms with Gasteiger partial charge in [0.2, 0.25) is 10.0 Å². The summed E-state index contributed by atoms with van der Waals surface area (Å²) in [5.41, 5.74) is 0. The van der Waals surface area contributed by atoms with E-state index in [0.29, 0.717) is 17.4 Å². The highest BCUT2D eigenvalue weighted by Crippen LogP contribution is 2.18. The number of hydrogen-bond donors (Lipinski definition) is 1. The van der Waals surface area contributed by atoms with Crippen molar-refractivity contribution in [1.29, 1.82) is 0 Å². The Balaban J connectivity index is 1.95. The zero-order valence-corrected chi connectivity index (χ0v) is 13.4. The van der Waals surface area contributed by atoms with Crippen molar-refractivity contribution in [2.24, 2.45) is 5.92 Å². The predicted octanol–water partition coefficient (Wildman–Crippen LogP) is 2.07. The summed E-state index contributed by atoms with van der Waals surface area (Å²) in [7, 11) is -1.29. The van der Waals surface area contributed by atoms with E-state index < -0.39 is 10.0 Å². The van der Waals surface area contributed by atoms with Crippen molar-refractivity contribution in [2.75, 3.05) is 26.7 Å². The van der Waals surface area contributed by atoms with Crippen LogP contribution < -0.4 is 4.72 Å². The number of benzene rings is 1. The molecule has 1 N–H and O–H groups in total. The lowest BCUT2D eigenvalue weighted by Gasteiger charge is -2.28. The Hall–Kier alpha value is -0.430. The average molecular weight is 347 g/mol. The number of halogens is 1. The summed E-state index contributed by atoms with van der Waals surface area (Å²) in [4.78, 5) is 2.59. The van der Waals surface area contributed by atoms with Gasteiger partial charge in [-0.25, -0.2) is 13.1 Å². The Bertz CT molecular complexity index is 525. The van der Waals surface area contributed by atoms with E-state index in [4.69, 9.17) is 0 Å². The third-order valence-corrected chi connectivity index (χ3v) is 5.42. The first-order valence-electron chi connectivity index (χ1n) is 6.41. The smallest absolute Gasteiger partial charge is 0.240 e. The first-order valence-corrected chi connectivity index (χ1v) is 8.69. The van der Waals surface area contributed by atoms with Crippen LogP contribution in [0.4, 0.5) is 0 Å². The second kappa shape index (κ2) is 6.35. The molecule has 4 nitrogen and oxygen atoms in total. The van der Waals surface area contributed by atoms with Gasteiger partial charge < -0.3 is 4.90 Å². The van der Waals surface area contributed by atoms with Gasteiger partial charge in [0.25, 0.3) is 0 Å². The van der Waals surface area contributed by atoms with E-state index >= 15 is 0 Å². The number of likely N-dealkylation sites (tertiary alicyclic amines) is 1. The van der Waals surface area contributed by atoms with E-state index in [2.05, 4.69) is 32.6 Å². The Morgan fingerprint density at radius 1 is 1.37 bits per heavy atom. The molecule has 19 heavy (non-hydrogen) atoms. The molecule has 0 bridgehead atoms. The molecule has 0 unspecified atom stereocenters. The molecule has 0 radical (unpaired) electrons. The normalized spacial score (nSPS) is 18.6. The Kier molecular flexibility index (Phi) is 5.00. The van der Waals surface area contributed by atoms with E-state index in [1.54, 1.807) is 18.2 Å². The molecule has 1 heterocycles. The predicted molar refractivity (Wildman–Crippen MR) is 79.6 cm³/mol. The van der Waals surface area contributed by atoms with Crippen molar-refractivity contribution in [3.05, 3.63) is 28.7 Å². The summed E-state index contributed by atoms with van der Waals surface area (Å²) in [6.07, 6.45) is 2.11. The van der Waals surface area contributed by atoms with Gasteiger partial charge in [0, 0.05) is 11.0 Å². The zero-order valence-electron chi connectivity index (χ0n) is 11.0. The van der Waals surface area contributed by atoms with Crippen molar-refractivity contribution in [3.63, 3.8) is 0 Å². The molecule has 0 aliphatic carbocycles. The van der Waals surface area contributed by atoms with E-state index in [-0.39, 0.29) is 0 Å². The van der Waals surface area contributed by atoms with Crippen LogP contribution in [0.5, 0.6) is 0 Å².